The highest BCUT2D eigenvalue weighted by Crippen LogP contribution is 2.24. The summed E-state index contributed by atoms with van der Waals surface area (Å²) in [7, 11) is 4.70. The Morgan fingerprint density at radius 2 is 1.92 bits per heavy atom. The van der Waals surface area contributed by atoms with Crippen molar-refractivity contribution in [2.75, 3.05) is 21.3 Å². The fourth-order valence-electron chi connectivity index (χ4n) is 1.07. The zero-order valence-electron chi connectivity index (χ0n) is 7.98. The molecule has 0 aliphatic rings. The molecule has 0 aliphatic heterocycles. The van der Waals surface area contributed by atoms with Crippen molar-refractivity contribution in [1.29, 1.82) is 0 Å². The molecule has 0 saturated carbocycles. The van der Waals surface area contributed by atoms with E-state index in [4.69, 9.17) is 14.2 Å². The molecular formula is C9H13NO3. The fourth-order valence-corrected chi connectivity index (χ4v) is 1.07. The quantitative estimate of drug-likeness (QED) is 0.661. The largest absolute Gasteiger partial charge is 0.495 e. The molecule has 0 atom stereocenters. The highest BCUT2D eigenvalue weighted by Gasteiger charge is 2.15. The lowest BCUT2D eigenvalue weighted by Gasteiger charge is -2.14. The molecule has 72 valence electrons. The van der Waals surface area contributed by atoms with E-state index in [1.54, 1.807) is 33.6 Å². The van der Waals surface area contributed by atoms with Crippen molar-refractivity contribution in [1.82, 2.24) is 4.98 Å². The summed E-state index contributed by atoms with van der Waals surface area (Å²) < 4.78 is 15.2. The summed E-state index contributed by atoms with van der Waals surface area (Å²) in [5.74, 6) is 0.663. The first-order chi connectivity index (χ1) is 6.33. The van der Waals surface area contributed by atoms with Crippen LogP contribution in [0.2, 0.25) is 0 Å². The van der Waals surface area contributed by atoms with E-state index in [1.165, 1.54) is 0 Å². The predicted molar refractivity (Wildman–Crippen MR) is 47.5 cm³/mol. The minimum absolute atomic E-state index is 0.476. The molecule has 1 rings (SSSR count). The van der Waals surface area contributed by atoms with E-state index >= 15 is 0 Å². The van der Waals surface area contributed by atoms with E-state index in [2.05, 4.69) is 4.98 Å². The van der Waals surface area contributed by atoms with E-state index in [0.29, 0.717) is 11.4 Å². The second-order valence-electron chi connectivity index (χ2n) is 2.39. The average Bonchev–Trinajstić information content (AvgIpc) is 2.20. The maximum atomic E-state index is 5.11. The molecule has 0 unspecified atom stereocenters. The van der Waals surface area contributed by atoms with E-state index in [0.717, 1.165) is 0 Å². The number of hydrogen-bond donors (Lipinski definition) is 0. The molecule has 13 heavy (non-hydrogen) atoms. The van der Waals surface area contributed by atoms with Crippen molar-refractivity contribution in [2.45, 2.75) is 6.29 Å². The molecule has 4 heteroatoms. The van der Waals surface area contributed by atoms with Gasteiger partial charge in [0.15, 0.2) is 0 Å². The van der Waals surface area contributed by atoms with Crippen molar-refractivity contribution in [3.8, 4) is 5.75 Å². The maximum Gasteiger partial charge on any atom is 0.204 e. The Bertz CT molecular complexity index is 261. The summed E-state index contributed by atoms with van der Waals surface area (Å²) in [5, 5.41) is 0. The average molecular weight is 183 g/mol. The van der Waals surface area contributed by atoms with Crippen LogP contribution in [-0.4, -0.2) is 26.3 Å². The second-order valence-corrected chi connectivity index (χ2v) is 2.39. The van der Waals surface area contributed by atoms with Crippen LogP contribution < -0.4 is 4.74 Å². The van der Waals surface area contributed by atoms with Gasteiger partial charge in [0.05, 0.1) is 7.11 Å². The van der Waals surface area contributed by atoms with Gasteiger partial charge in [-0.15, -0.1) is 0 Å². The number of aromatic nitrogens is 1. The van der Waals surface area contributed by atoms with Crippen LogP contribution in [0.4, 0.5) is 0 Å². The van der Waals surface area contributed by atoms with Gasteiger partial charge in [-0.1, -0.05) is 0 Å². The minimum Gasteiger partial charge on any atom is -0.495 e. The number of methoxy groups -OCH3 is 3. The molecule has 1 aromatic rings. The van der Waals surface area contributed by atoms with Crippen LogP contribution in [0.3, 0.4) is 0 Å². The van der Waals surface area contributed by atoms with Crippen LogP contribution in [0.15, 0.2) is 18.3 Å². The number of rotatable bonds is 4. The van der Waals surface area contributed by atoms with Crippen LogP contribution in [0.25, 0.3) is 0 Å². The van der Waals surface area contributed by atoms with Crippen LogP contribution in [-0.2, 0) is 9.47 Å². The Morgan fingerprint density at radius 3 is 2.46 bits per heavy atom. The molecule has 0 aromatic carbocycles. The number of pyridine rings is 1. The van der Waals surface area contributed by atoms with E-state index < -0.39 is 6.29 Å². The van der Waals surface area contributed by atoms with Gasteiger partial charge in [-0.3, -0.25) is 4.98 Å². The monoisotopic (exact) mass is 183 g/mol. The Hall–Kier alpha value is -1.13. The van der Waals surface area contributed by atoms with Gasteiger partial charge in [-0.25, -0.2) is 0 Å². The summed E-state index contributed by atoms with van der Waals surface area (Å²) in [6.45, 7) is 0. The highest BCUT2D eigenvalue weighted by molar-refractivity contribution is 5.27. The van der Waals surface area contributed by atoms with Crippen molar-refractivity contribution in [3.05, 3.63) is 24.0 Å². The van der Waals surface area contributed by atoms with Crippen molar-refractivity contribution in [3.63, 3.8) is 0 Å². The van der Waals surface area contributed by atoms with Gasteiger partial charge in [0, 0.05) is 20.4 Å². The topological polar surface area (TPSA) is 40.6 Å². The maximum absolute atomic E-state index is 5.11. The third kappa shape index (κ3) is 2.17. The molecule has 0 amide bonds. The van der Waals surface area contributed by atoms with Crippen molar-refractivity contribution in [2.24, 2.45) is 0 Å². The van der Waals surface area contributed by atoms with Gasteiger partial charge in [0.1, 0.15) is 11.4 Å². The number of hydrogen-bond acceptors (Lipinski definition) is 4. The normalized spacial score (nSPS) is 10.5. The van der Waals surface area contributed by atoms with Crippen LogP contribution >= 0.6 is 0 Å². The first kappa shape index (κ1) is 9.95. The lowest BCUT2D eigenvalue weighted by molar-refractivity contribution is -0.109. The Morgan fingerprint density at radius 1 is 1.23 bits per heavy atom. The summed E-state index contributed by atoms with van der Waals surface area (Å²) in [6.07, 6.45) is 1.19. The van der Waals surface area contributed by atoms with E-state index in [9.17, 15) is 0 Å². The molecule has 1 aromatic heterocycles. The molecule has 0 N–H and O–H groups in total. The van der Waals surface area contributed by atoms with Crippen LogP contribution in [0.5, 0.6) is 5.75 Å². The Balaban J connectivity index is 2.96. The van der Waals surface area contributed by atoms with E-state index in [1.807, 2.05) is 6.07 Å². The fraction of sp³-hybridized carbons (Fsp3) is 0.444. The molecule has 0 saturated heterocycles. The number of nitrogens with zero attached hydrogens (tertiary/aromatic N) is 1. The first-order valence-electron chi connectivity index (χ1n) is 3.88. The highest BCUT2D eigenvalue weighted by atomic mass is 16.7. The van der Waals surface area contributed by atoms with Gasteiger partial charge in [-0.05, 0) is 12.1 Å². The molecule has 0 radical (unpaired) electrons. The number of ether oxygens (including phenoxy) is 3. The molecular weight excluding hydrogens is 170 g/mol. The Kier molecular flexibility index (Phi) is 3.67. The van der Waals surface area contributed by atoms with Gasteiger partial charge in [0.2, 0.25) is 6.29 Å². The third-order valence-electron chi connectivity index (χ3n) is 1.67. The van der Waals surface area contributed by atoms with Gasteiger partial charge < -0.3 is 14.2 Å². The van der Waals surface area contributed by atoms with Crippen molar-refractivity contribution < 1.29 is 14.2 Å². The lowest BCUT2D eigenvalue weighted by Crippen LogP contribution is -2.07. The molecule has 0 bridgehead atoms. The summed E-state index contributed by atoms with van der Waals surface area (Å²) in [5.41, 5.74) is 0.648. The summed E-state index contributed by atoms with van der Waals surface area (Å²) >= 11 is 0. The van der Waals surface area contributed by atoms with Crippen LogP contribution in [0, 0.1) is 0 Å². The first-order valence-corrected chi connectivity index (χ1v) is 3.88. The molecule has 0 spiro atoms. The zero-order chi connectivity index (χ0) is 9.68. The minimum atomic E-state index is -0.476. The summed E-state index contributed by atoms with van der Waals surface area (Å²) in [6, 6.07) is 3.61. The summed E-state index contributed by atoms with van der Waals surface area (Å²) in [4.78, 5) is 4.12. The molecule has 4 nitrogen and oxygen atoms in total. The third-order valence-corrected chi connectivity index (χ3v) is 1.67. The van der Waals surface area contributed by atoms with Gasteiger partial charge in [-0.2, -0.15) is 0 Å². The van der Waals surface area contributed by atoms with Crippen LogP contribution in [0.1, 0.15) is 12.0 Å². The predicted octanol–water partition coefficient (Wildman–Crippen LogP) is 1.38. The van der Waals surface area contributed by atoms with Gasteiger partial charge in [0.25, 0.3) is 0 Å². The second kappa shape index (κ2) is 4.79. The SMILES string of the molecule is COc1cccnc1C(OC)OC. The van der Waals surface area contributed by atoms with Crippen molar-refractivity contribution >= 4 is 0 Å². The van der Waals surface area contributed by atoms with E-state index in [-0.39, 0.29) is 0 Å². The lowest BCUT2D eigenvalue weighted by atomic mass is 10.3. The van der Waals surface area contributed by atoms with Gasteiger partial charge >= 0.3 is 0 Å². The molecule has 1 heterocycles. The molecule has 0 fully saturated rings. The molecule has 0 aliphatic carbocycles. The Labute approximate surface area is 77.5 Å². The zero-order valence-corrected chi connectivity index (χ0v) is 7.98. The smallest absolute Gasteiger partial charge is 0.204 e. The standard InChI is InChI=1S/C9H13NO3/c1-11-7-5-4-6-10-8(7)9(12-2)13-3/h4-6,9H,1-3H3.